The molecular formula is C17H25BrN2O4S. The molecular weight excluding hydrogens is 408 g/mol. The third kappa shape index (κ3) is 5.26. The standard InChI is InChI=1S/C17H25BrN2O4S/c1-12(2)16(17(21)24-3)19-25(22,23)20-10-8-14(9-11-20)13-4-6-15(18)7-5-13/h4-7,12,14,16,19H,8-11H2,1-3H3/t16-/m1/s1. The van der Waals surface area contributed by atoms with Crippen LogP contribution in [-0.4, -0.2) is 44.9 Å². The van der Waals surface area contributed by atoms with E-state index in [1.165, 1.54) is 17.0 Å². The Labute approximate surface area is 158 Å². The zero-order chi connectivity index (χ0) is 18.6. The Hall–Kier alpha value is -0.960. The lowest BCUT2D eigenvalue weighted by molar-refractivity contribution is -0.143. The summed E-state index contributed by atoms with van der Waals surface area (Å²) in [6.07, 6.45) is 1.51. The van der Waals surface area contributed by atoms with E-state index < -0.39 is 22.2 Å². The van der Waals surface area contributed by atoms with Crippen molar-refractivity contribution in [3.63, 3.8) is 0 Å². The van der Waals surface area contributed by atoms with Crippen LogP contribution in [0.3, 0.4) is 0 Å². The number of nitrogens with one attached hydrogen (secondary N) is 1. The van der Waals surface area contributed by atoms with Crippen LogP contribution < -0.4 is 4.72 Å². The number of carbonyl (C=O) groups excluding carboxylic acids is 1. The van der Waals surface area contributed by atoms with Crippen molar-refractivity contribution >= 4 is 32.1 Å². The lowest BCUT2D eigenvalue weighted by atomic mass is 9.90. The smallest absolute Gasteiger partial charge is 0.324 e. The molecule has 0 bridgehead atoms. The van der Waals surface area contributed by atoms with Crippen LogP contribution in [0.4, 0.5) is 0 Å². The maximum atomic E-state index is 12.6. The zero-order valence-corrected chi connectivity index (χ0v) is 17.1. The summed E-state index contributed by atoms with van der Waals surface area (Å²) in [7, 11) is -2.46. The van der Waals surface area contributed by atoms with Crippen LogP contribution in [0.5, 0.6) is 0 Å². The highest BCUT2D eigenvalue weighted by atomic mass is 79.9. The summed E-state index contributed by atoms with van der Waals surface area (Å²) in [4.78, 5) is 11.8. The van der Waals surface area contributed by atoms with E-state index in [0.717, 1.165) is 17.3 Å². The molecule has 0 spiro atoms. The minimum absolute atomic E-state index is 0.192. The van der Waals surface area contributed by atoms with E-state index in [2.05, 4.69) is 32.8 Å². The number of piperidine rings is 1. The number of hydrogen-bond acceptors (Lipinski definition) is 4. The third-order valence-electron chi connectivity index (χ3n) is 4.53. The van der Waals surface area contributed by atoms with E-state index in [0.29, 0.717) is 19.0 Å². The number of methoxy groups -OCH3 is 1. The molecule has 140 valence electrons. The molecule has 0 aliphatic carbocycles. The number of halogens is 1. The molecule has 1 aliphatic heterocycles. The molecule has 25 heavy (non-hydrogen) atoms. The van der Waals surface area contributed by atoms with Gasteiger partial charge >= 0.3 is 5.97 Å². The number of esters is 1. The predicted octanol–water partition coefficient (Wildman–Crippen LogP) is 2.66. The molecule has 1 aromatic rings. The van der Waals surface area contributed by atoms with Crippen molar-refractivity contribution in [1.82, 2.24) is 9.03 Å². The van der Waals surface area contributed by atoms with Gasteiger partial charge in [0.25, 0.3) is 10.2 Å². The maximum Gasteiger partial charge on any atom is 0.324 e. The van der Waals surface area contributed by atoms with Crippen LogP contribution in [0.2, 0.25) is 0 Å². The monoisotopic (exact) mass is 432 g/mol. The van der Waals surface area contributed by atoms with Crippen molar-refractivity contribution in [2.45, 2.75) is 38.6 Å². The van der Waals surface area contributed by atoms with Crippen LogP contribution in [0.25, 0.3) is 0 Å². The quantitative estimate of drug-likeness (QED) is 0.700. The summed E-state index contributed by atoms with van der Waals surface area (Å²) < 4.78 is 34.9. The first-order valence-electron chi connectivity index (χ1n) is 8.35. The van der Waals surface area contributed by atoms with Gasteiger partial charge in [0, 0.05) is 17.6 Å². The van der Waals surface area contributed by atoms with Gasteiger partial charge < -0.3 is 4.74 Å². The highest BCUT2D eigenvalue weighted by molar-refractivity contribution is 9.10. The van der Waals surface area contributed by atoms with Gasteiger partial charge in [0.1, 0.15) is 6.04 Å². The van der Waals surface area contributed by atoms with Gasteiger partial charge in [0.2, 0.25) is 0 Å². The van der Waals surface area contributed by atoms with Crippen molar-refractivity contribution in [1.29, 1.82) is 0 Å². The average Bonchev–Trinajstić information content (AvgIpc) is 2.59. The first-order valence-corrected chi connectivity index (χ1v) is 10.6. The molecule has 6 nitrogen and oxygen atoms in total. The zero-order valence-electron chi connectivity index (χ0n) is 14.7. The number of hydrogen-bond donors (Lipinski definition) is 1. The highest BCUT2D eigenvalue weighted by Gasteiger charge is 2.34. The van der Waals surface area contributed by atoms with Crippen LogP contribution in [0, 0.1) is 5.92 Å². The van der Waals surface area contributed by atoms with Gasteiger partial charge in [0.15, 0.2) is 0 Å². The van der Waals surface area contributed by atoms with Crippen LogP contribution in [-0.2, 0) is 19.7 Å². The maximum absolute atomic E-state index is 12.6. The lowest BCUT2D eigenvalue weighted by Gasteiger charge is -2.32. The second kappa shape index (κ2) is 8.62. The van der Waals surface area contributed by atoms with Gasteiger partial charge in [-0.25, -0.2) is 0 Å². The van der Waals surface area contributed by atoms with E-state index in [-0.39, 0.29) is 5.92 Å². The van der Waals surface area contributed by atoms with Crippen LogP contribution >= 0.6 is 15.9 Å². The van der Waals surface area contributed by atoms with Crippen molar-refractivity contribution in [2.24, 2.45) is 5.92 Å². The molecule has 1 N–H and O–H groups in total. The van der Waals surface area contributed by atoms with Gasteiger partial charge in [-0.15, -0.1) is 0 Å². The summed E-state index contributed by atoms with van der Waals surface area (Å²) >= 11 is 3.42. The van der Waals surface area contributed by atoms with Crippen molar-refractivity contribution in [3.8, 4) is 0 Å². The van der Waals surface area contributed by atoms with Crippen molar-refractivity contribution in [2.75, 3.05) is 20.2 Å². The first kappa shape index (κ1) is 20.4. The topological polar surface area (TPSA) is 75.7 Å². The van der Waals surface area contributed by atoms with Gasteiger partial charge in [-0.05, 0) is 42.4 Å². The molecule has 8 heteroatoms. The van der Waals surface area contributed by atoms with Gasteiger partial charge in [-0.2, -0.15) is 17.4 Å². The molecule has 0 unspecified atom stereocenters. The Bertz CT molecular complexity index is 683. The van der Waals surface area contributed by atoms with E-state index in [4.69, 9.17) is 4.74 Å². The van der Waals surface area contributed by atoms with E-state index in [1.54, 1.807) is 13.8 Å². The fraction of sp³-hybridized carbons (Fsp3) is 0.588. The van der Waals surface area contributed by atoms with Gasteiger partial charge in [-0.3, -0.25) is 4.79 Å². The average molecular weight is 433 g/mol. The fourth-order valence-electron chi connectivity index (χ4n) is 2.98. The molecule has 0 amide bonds. The number of ether oxygens (including phenoxy) is 1. The summed E-state index contributed by atoms with van der Waals surface area (Å²) in [5.41, 5.74) is 1.22. The largest absolute Gasteiger partial charge is 0.468 e. The molecule has 0 radical (unpaired) electrons. The van der Waals surface area contributed by atoms with E-state index in [1.807, 2.05) is 12.1 Å². The summed E-state index contributed by atoms with van der Waals surface area (Å²) in [6.45, 7) is 4.43. The third-order valence-corrected chi connectivity index (χ3v) is 6.66. The first-order chi connectivity index (χ1) is 11.7. The Kier molecular flexibility index (Phi) is 7.01. The second-order valence-corrected chi connectivity index (χ2v) is 9.21. The minimum Gasteiger partial charge on any atom is -0.468 e. The van der Waals surface area contributed by atoms with E-state index >= 15 is 0 Å². The molecule has 1 heterocycles. The van der Waals surface area contributed by atoms with Crippen molar-refractivity contribution in [3.05, 3.63) is 34.3 Å². The Morgan fingerprint density at radius 3 is 2.28 bits per heavy atom. The molecule has 1 saturated heterocycles. The summed E-state index contributed by atoms with van der Waals surface area (Å²) in [6, 6.07) is 7.28. The predicted molar refractivity (Wildman–Crippen MR) is 100 cm³/mol. The molecule has 2 rings (SSSR count). The minimum atomic E-state index is -3.72. The number of nitrogens with zero attached hydrogens (tertiary/aromatic N) is 1. The lowest BCUT2D eigenvalue weighted by Crippen LogP contribution is -2.52. The molecule has 1 aliphatic rings. The normalized spacial score (nSPS) is 18.3. The number of rotatable bonds is 6. The SMILES string of the molecule is COC(=O)[C@H](NS(=O)(=O)N1CCC(c2ccc(Br)cc2)CC1)C(C)C. The Morgan fingerprint density at radius 1 is 1.24 bits per heavy atom. The molecule has 1 fully saturated rings. The fourth-order valence-corrected chi connectivity index (χ4v) is 4.78. The summed E-state index contributed by atoms with van der Waals surface area (Å²) in [5, 5.41) is 0. The van der Waals surface area contributed by atoms with E-state index in [9.17, 15) is 13.2 Å². The van der Waals surface area contributed by atoms with Crippen LogP contribution in [0.15, 0.2) is 28.7 Å². The molecule has 1 aromatic carbocycles. The highest BCUT2D eigenvalue weighted by Crippen LogP contribution is 2.29. The Balaban J connectivity index is 2.00. The van der Waals surface area contributed by atoms with Gasteiger partial charge in [0.05, 0.1) is 7.11 Å². The van der Waals surface area contributed by atoms with Crippen LogP contribution in [0.1, 0.15) is 38.2 Å². The second-order valence-electron chi connectivity index (χ2n) is 6.59. The Morgan fingerprint density at radius 2 is 1.80 bits per heavy atom. The molecule has 0 saturated carbocycles. The summed E-state index contributed by atoms with van der Waals surface area (Å²) in [5.74, 6) is -0.410. The number of carbonyl (C=O) groups is 1. The van der Waals surface area contributed by atoms with Gasteiger partial charge in [-0.1, -0.05) is 41.9 Å². The molecule has 0 aromatic heterocycles. The van der Waals surface area contributed by atoms with Crippen molar-refractivity contribution < 1.29 is 17.9 Å². The molecule has 1 atom stereocenters. The number of benzene rings is 1.